The van der Waals surface area contributed by atoms with Crippen LogP contribution in [0.4, 0.5) is 0 Å². The first-order valence-electron chi connectivity index (χ1n) is 3.74. The third-order valence-corrected chi connectivity index (χ3v) is 1.33. The van der Waals surface area contributed by atoms with Crippen LogP contribution in [0.1, 0.15) is 33.6 Å². The monoisotopic (exact) mass is 127 g/mol. The number of hydrogen-bond acceptors (Lipinski definition) is 1. The minimum absolute atomic E-state index is 1.10. The van der Waals surface area contributed by atoms with Gasteiger partial charge in [0.1, 0.15) is 0 Å². The molecule has 0 fully saturated rings. The first kappa shape index (κ1) is 8.54. The Morgan fingerprint density at radius 1 is 1.44 bits per heavy atom. The maximum atomic E-state index is 3.33. The molecule has 0 aromatic rings. The van der Waals surface area contributed by atoms with Crippen molar-refractivity contribution in [1.29, 1.82) is 0 Å². The van der Waals surface area contributed by atoms with E-state index in [2.05, 4.69) is 32.2 Å². The standard InChI is InChI=1S/C8H17N/c1-4-7-9-8(5-2)6-3/h5,9H,4,6-7H2,1-3H3. The molecule has 0 spiro atoms. The maximum Gasteiger partial charge on any atom is 0.0141 e. The van der Waals surface area contributed by atoms with Gasteiger partial charge in [0, 0.05) is 12.2 Å². The van der Waals surface area contributed by atoms with Crippen LogP contribution in [0.15, 0.2) is 11.8 Å². The van der Waals surface area contributed by atoms with E-state index in [9.17, 15) is 0 Å². The molecule has 0 atom stereocenters. The van der Waals surface area contributed by atoms with Crippen LogP contribution in [0.3, 0.4) is 0 Å². The van der Waals surface area contributed by atoms with Gasteiger partial charge in [-0.3, -0.25) is 0 Å². The van der Waals surface area contributed by atoms with Crippen LogP contribution in [0.2, 0.25) is 0 Å². The van der Waals surface area contributed by atoms with Gasteiger partial charge in [0.2, 0.25) is 0 Å². The molecule has 1 N–H and O–H groups in total. The number of nitrogens with one attached hydrogen (secondary N) is 1. The Balaban J connectivity index is 3.33. The van der Waals surface area contributed by atoms with Crippen LogP contribution in [0.5, 0.6) is 0 Å². The Hall–Kier alpha value is -0.460. The summed E-state index contributed by atoms with van der Waals surface area (Å²) < 4.78 is 0. The largest absolute Gasteiger partial charge is 0.389 e. The topological polar surface area (TPSA) is 12.0 Å². The molecule has 0 saturated carbocycles. The van der Waals surface area contributed by atoms with Crippen molar-refractivity contribution in [3.63, 3.8) is 0 Å². The maximum absolute atomic E-state index is 3.33. The summed E-state index contributed by atoms with van der Waals surface area (Å²) in [6, 6.07) is 0. The van der Waals surface area contributed by atoms with Crippen LogP contribution in [-0.2, 0) is 0 Å². The zero-order valence-corrected chi connectivity index (χ0v) is 6.70. The average molecular weight is 127 g/mol. The fourth-order valence-corrected chi connectivity index (χ4v) is 0.717. The molecule has 0 rings (SSSR count). The Labute approximate surface area is 58.2 Å². The minimum atomic E-state index is 1.10. The fraction of sp³-hybridized carbons (Fsp3) is 0.750. The molecule has 0 aliphatic rings. The molecule has 9 heavy (non-hydrogen) atoms. The molecule has 0 aliphatic heterocycles. The predicted octanol–water partition coefficient (Wildman–Crippen LogP) is 2.30. The summed E-state index contributed by atoms with van der Waals surface area (Å²) in [5, 5.41) is 3.33. The van der Waals surface area contributed by atoms with E-state index in [4.69, 9.17) is 0 Å². The molecule has 54 valence electrons. The molecule has 0 bridgehead atoms. The SMILES string of the molecule is CC=C(CC)NCCC. The summed E-state index contributed by atoms with van der Waals surface area (Å²) in [5.41, 5.74) is 1.36. The van der Waals surface area contributed by atoms with Gasteiger partial charge in [0.25, 0.3) is 0 Å². The van der Waals surface area contributed by atoms with Gasteiger partial charge < -0.3 is 5.32 Å². The van der Waals surface area contributed by atoms with E-state index in [-0.39, 0.29) is 0 Å². The van der Waals surface area contributed by atoms with Crippen LogP contribution >= 0.6 is 0 Å². The summed E-state index contributed by atoms with van der Waals surface area (Å²) in [5.74, 6) is 0. The molecule has 0 aromatic heterocycles. The first-order valence-corrected chi connectivity index (χ1v) is 3.74. The highest BCUT2D eigenvalue weighted by Crippen LogP contribution is 1.93. The van der Waals surface area contributed by atoms with Crippen molar-refractivity contribution in [3.8, 4) is 0 Å². The van der Waals surface area contributed by atoms with Gasteiger partial charge in [0.05, 0.1) is 0 Å². The number of hydrogen-bond donors (Lipinski definition) is 1. The Kier molecular flexibility index (Phi) is 5.38. The minimum Gasteiger partial charge on any atom is -0.389 e. The lowest BCUT2D eigenvalue weighted by atomic mass is 10.3. The Morgan fingerprint density at radius 2 is 2.11 bits per heavy atom. The Bertz CT molecular complexity index is 84.6. The lowest BCUT2D eigenvalue weighted by Crippen LogP contribution is -2.12. The highest BCUT2D eigenvalue weighted by molar-refractivity contribution is 4.95. The van der Waals surface area contributed by atoms with Crippen LogP contribution < -0.4 is 5.32 Å². The molecule has 1 nitrogen and oxygen atoms in total. The fourth-order valence-electron chi connectivity index (χ4n) is 0.717. The second kappa shape index (κ2) is 5.67. The van der Waals surface area contributed by atoms with Gasteiger partial charge >= 0.3 is 0 Å². The van der Waals surface area contributed by atoms with E-state index < -0.39 is 0 Å². The summed E-state index contributed by atoms with van der Waals surface area (Å²) in [4.78, 5) is 0. The van der Waals surface area contributed by atoms with Crippen LogP contribution in [-0.4, -0.2) is 6.54 Å². The van der Waals surface area contributed by atoms with E-state index in [0.717, 1.165) is 13.0 Å². The Morgan fingerprint density at radius 3 is 2.44 bits per heavy atom. The molecule has 0 aliphatic carbocycles. The molecule has 0 heterocycles. The zero-order chi connectivity index (χ0) is 7.11. The van der Waals surface area contributed by atoms with E-state index in [1.807, 2.05) is 0 Å². The van der Waals surface area contributed by atoms with Crippen LogP contribution in [0, 0.1) is 0 Å². The van der Waals surface area contributed by atoms with Crippen LogP contribution in [0.25, 0.3) is 0 Å². The third-order valence-electron chi connectivity index (χ3n) is 1.33. The average Bonchev–Trinajstić information content (AvgIpc) is 1.91. The zero-order valence-electron chi connectivity index (χ0n) is 6.70. The van der Waals surface area contributed by atoms with Gasteiger partial charge in [-0.2, -0.15) is 0 Å². The van der Waals surface area contributed by atoms with Crippen molar-refractivity contribution in [2.45, 2.75) is 33.6 Å². The third kappa shape index (κ3) is 4.07. The second-order valence-corrected chi connectivity index (χ2v) is 2.09. The molecule has 0 radical (unpaired) electrons. The summed E-state index contributed by atoms with van der Waals surface area (Å²) >= 11 is 0. The lowest BCUT2D eigenvalue weighted by molar-refractivity contribution is 0.740. The van der Waals surface area contributed by atoms with Crippen molar-refractivity contribution in [2.75, 3.05) is 6.54 Å². The van der Waals surface area contributed by atoms with E-state index >= 15 is 0 Å². The molecule has 0 unspecified atom stereocenters. The van der Waals surface area contributed by atoms with Crippen molar-refractivity contribution in [1.82, 2.24) is 5.32 Å². The smallest absolute Gasteiger partial charge is 0.0141 e. The van der Waals surface area contributed by atoms with Gasteiger partial charge in [-0.05, 0) is 19.8 Å². The molecule has 0 saturated heterocycles. The molecule has 0 amide bonds. The first-order chi connectivity index (χ1) is 4.35. The molecular formula is C8H17N. The van der Waals surface area contributed by atoms with E-state index in [0.29, 0.717) is 0 Å². The van der Waals surface area contributed by atoms with E-state index in [1.165, 1.54) is 12.1 Å². The number of allylic oxidation sites excluding steroid dienone is 2. The summed E-state index contributed by atoms with van der Waals surface area (Å²) in [6.07, 6.45) is 4.46. The lowest BCUT2D eigenvalue weighted by Gasteiger charge is -2.05. The highest BCUT2D eigenvalue weighted by atomic mass is 14.9. The van der Waals surface area contributed by atoms with Gasteiger partial charge in [-0.1, -0.05) is 19.9 Å². The van der Waals surface area contributed by atoms with Gasteiger partial charge in [-0.15, -0.1) is 0 Å². The van der Waals surface area contributed by atoms with Crippen molar-refractivity contribution < 1.29 is 0 Å². The van der Waals surface area contributed by atoms with Crippen molar-refractivity contribution in [2.24, 2.45) is 0 Å². The quantitative estimate of drug-likeness (QED) is 0.611. The second-order valence-electron chi connectivity index (χ2n) is 2.09. The molecule has 0 aromatic carbocycles. The molecular weight excluding hydrogens is 110 g/mol. The van der Waals surface area contributed by atoms with Crippen molar-refractivity contribution >= 4 is 0 Å². The predicted molar refractivity (Wildman–Crippen MR) is 42.3 cm³/mol. The van der Waals surface area contributed by atoms with E-state index in [1.54, 1.807) is 0 Å². The summed E-state index contributed by atoms with van der Waals surface area (Å²) in [7, 11) is 0. The summed E-state index contributed by atoms with van der Waals surface area (Å²) in [6.45, 7) is 7.52. The normalized spacial score (nSPS) is 11.7. The van der Waals surface area contributed by atoms with Gasteiger partial charge in [-0.25, -0.2) is 0 Å². The highest BCUT2D eigenvalue weighted by Gasteiger charge is 1.86. The molecule has 1 heteroatoms. The van der Waals surface area contributed by atoms with Gasteiger partial charge in [0.15, 0.2) is 0 Å². The van der Waals surface area contributed by atoms with Crippen molar-refractivity contribution in [3.05, 3.63) is 11.8 Å². The number of rotatable bonds is 4.